The number of para-hydroxylation sites is 1. The van der Waals surface area contributed by atoms with E-state index in [0.29, 0.717) is 47.6 Å². The van der Waals surface area contributed by atoms with E-state index in [1.54, 1.807) is 18.1 Å². The van der Waals surface area contributed by atoms with Crippen molar-refractivity contribution in [3.05, 3.63) is 36.5 Å². The van der Waals surface area contributed by atoms with Gasteiger partial charge in [-0.25, -0.2) is 18.4 Å². The second-order valence-electron chi connectivity index (χ2n) is 17.4. The monoisotopic (exact) mass is 790 g/mol. The number of amides is 2. The van der Waals surface area contributed by atoms with Crippen LogP contribution in [0.2, 0.25) is 0 Å². The minimum absolute atomic E-state index is 0.0390. The Hall–Kier alpha value is -4.07. The highest BCUT2D eigenvalue weighted by atomic mass is 32.2. The van der Waals surface area contributed by atoms with Gasteiger partial charge in [0, 0.05) is 18.8 Å². The van der Waals surface area contributed by atoms with Gasteiger partial charge in [0.15, 0.2) is 5.78 Å². The zero-order chi connectivity index (χ0) is 39.4. The van der Waals surface area contributed by atoms with Gasteiger partial charge in [-0.1, -0.05) is 37.8 Å². The second kappa shape index (κ2) is 15.0. The standard InChI is InChI=1S/C42H54N4O9S/c1-4-26-22-42(26,40(50)45-56(51,52)29-17-18-29)23-34(47)33-19-28-24-46(33)39(49)30(25-11-8-9-12-25)20-36(48)55-41(2)21-27(41)13-6-5-7-14-32-38(54-28)44-37-31(43-32)15-10-16-35(37)53-3/h4,10,15-16,25-30,33H,1,5-9,11-14,17-24H2,2-3H3,(H,45,50)/t26-,27-,28-,30+,33+,41-,42-/m1/s1. The number of esters is 1. The molecule has 0 spiro atoms. The Bertz CT molecular complexity index is 2030. The minimum atomic E-state index is -3.85. The van der Waals surface area contributed by atoms with Gasteiger partial charge in [-0.15, -0.1) is 6.58 Å². The number of carbonyl (C=O) groups is 4. The molecule has 0 radical (unpaired) electrons. The third kappa shape index (κ3) is 7.66. The Morgan fingerprint density at radius 2 is 1.82 bits per heavy atom. The van der Waals surface area contributed by atoms with Crippen LogP contribution in [-0.2, 0) is 40.4 Å². The largest absolute Gasteiger partial charge is 0.494 e. The number of fused-ring (bicyclic) bond motifs is 5. The summed E-state index contributed by atoms with van der Waals surface area (Å²) in [6.45, 7) is 5.91. The zero-order valence-electron chi connectivity index (χ0n) is 32.5. The van der Waals surface area contributed by atoms with Crippen LogP contribution in [0.3, 0.4) is 0 Å². The van der Waals surface area contributed by atoms with Gasteiger partial charge in [0.2, 0.25) is 27.7 Å². The van der Waals surface area contributed by atoms with Crippen LogP contribution in [0.15, 0.2) is 30.9 Å². The van der Waals surface area contributed by atoms with Crippen molar-refractivity contribution < 1.29 is 41.8 Å². The number of benzene rings is 1. The van der Waals surface area contributed by atoms with Crippen LogP contribution < -0.4 is 14.2 Å². The number of ketones is 1. The molecule has 3 heterocycles. The van der Waals surface area contributed by atoms with E-state index < -0.39 is 50.3 Å². The highest BCUT2D eigenvalue weighted by Crippen LogP contribution is 2.57. The van der Waals surface area contributed by atoms with E-state index in [0.717, 1.165) is 57.8 Å². The average molecular weight is 791 g/mol. The average Bonchev–Trinajstić information content (AvgIpc) is 4.12. The molecular weight excluding hydrogens is 737 g/mol. The Kier molecular flexibility index (Phi) is 10.4. The number of aryl methyl sites for hydroxylation is 1. The first-order valence-corrected chi connectivity index (χ1v) is 22.1. The first kappa shape index (κ1) is 38.8. The zero-order valence-corrected chi connectivity index (χ0v) is 33.3. The molecule has 1 aromatic heterocycles. The fourth-order valence-electron chi connectivity index (χ4n) is 9.72. The van der Waals surface area contributed by atoms with Crippen molar-refractivity contribution in [2.24, 2.45) is 29.1 Å². The van der Waals surface area contributed by atoms with Crippen molar-refractivity contribution >= 4 is 44.6 Å². The fourth-order valence-corrected chi connectivity index (χ4v) is 11.1. The molecule has 1 aromatic carbocycles. The number of rotatable bonds is 9. The number of nitrogens with zero attached hydrogens (tertiary/aromatic N) is 3. The summed E-state index contributed by atoms with van der Waals surface area (Å²) in [5, 5.41) is -0.602. The van der Waals surface area contributed by atoms with Crippen molar-refractivity contribution in [1.82, 2.24) is 19.6 Å². The molecule has 7 atom stereocenters. The highest BCUT2D eigenvalue weighted by molar-refractivity contribution is 7.90. The van der Waals surface area contributed by atoms with Crippen LogP contribution in [-0.4, -0.2) is 83.5 Å². The van der Waals surface area contributed by atoms with E-state index in [1.807, 2.05) is 25.1 Å². The molecule has 1 saturated heterocycles. The van der Waals surface area contributed by atoms with Crippen molar-refractivity contribution in [3.63, 3.8) is 0 Å². The number of methoxy groups -OCH3 is 1. The number of sulfonamides is 1. The maximum Gasteiger partial charge on any atom is 0.307 e. The summed E-state index contributed by atoms with van der Waals surface area (Å²) in [5.74, 6) is -1.71. The molecule has 2 bridgehead atoms. The van der Waals surface area contributed by atoms with Gasteiger partial charge in [-0.05, 0) is 88.7 Å². The van der Waals surface area contributed by atoms with E-state index in [1.165, 1.54) is 0 Å². The molecule has 2 amide bonds. The number of nitrogens with one attached hydrogen (secondary N) is 1. The van der Waals surface area contributed by atoms with Crippen LogP contribution in [0.1, 0.15) is 109 Å². The smallest absolute Gasteiger partial charge is 0.307 e. The lowest BCUT2D eigenvalue weighted by Crippen LogP contribution is -2.47. The summed E-state index contributed by atoms with van der Waals surface area (Å²) in [7, 11) is -2.28. The molecule has 4 aliphatic carbocycles. The molecule has 2 aromatic rings. The third-order valence-corrected chi connectivity index (χ3v) is 15.3. The first-order chi connectivity index (χ1) is 26.8. The Morgan fingerprint density at radius 1 is 1.05 bits per heavy atom. The lowest BCUT2D eigenvalue weighted by molar-refractivity contribution is -0.157. The topological polar surface area (TPSA) is 171 Å². The number of allylic oxidation sites excluding steroid dienone is 1. The predicted molar refractivity (Wildman–Crippen MR) is 206 cm³/mol. The molecule has 56 heavy (non-hydrogen) atoms. The lowest BCUT2D eigenvalue weighted by Gasteiger charge is -2.31. The minimum Gasteiger partial charge on any atom is -0.494 e. The number of hydrogen-bond donors (Lipinski definition) is 1. The SMILES string of the molecule is C=C[C@@H]1C[C@]1(CC(=O)[C@@H]1C[C@@H]2CN1C(=O)[C@H](C1CCCC1)CC(=O)O[C@]1(C)C[C@H]1CCCCCc1nc3cccc(OC)c3nc1O2)C(=O)NS(=O)(=O)C1CC1. The fraction of sp³-hybridized carbons (Fsp3) is 0.667. The summed E-state index contributed by atoms with van der Waals surface area (Å²) in [5.41, 5.74) is 0.0851. The second-order valence-corrected chi connectivity index (χ2v) is 19.4. The molecule has 13 nitrogen and oxygen atoms in total. The van der Waals surface area contributed by atoms with Gasteiger partial charge in [-0.2, -0.15) is 0 Å². The maximum absolute atomic E-state index is 14.9. The summed E-state index contributed by atoms with van der Waals surface area (Å²) in [6, 6.07) is 4.59. The van der Waals surface area contributed by atoms with E-state index in [2.05, 4.69) is 11.3 Å². The van der Waals surface area contributed by atoms with Crippen LogP contribution in [0.25, 0.3) is 11.0 Å². The van der Waals surface area contributed by atoms with Crippen LogP contribution in [0.5, 0.6) is 11.6 Å². The number of ether oxygens (including phenoxy) is 3. The van der Waals surface area contributed by atoms with Gasteiger partial charge in [0.25, 0.3) is 0 Å². The normalized spacial score (nSPS) is 32.6. The molecular formula is C42H54N4O9S. The number of Topliss-reactive ketones (excluding diaryl/α,β-unsaturated/α-hetero) is 1. The van der Waals surface area contributed by atoms with Gasteiger partial charge < -0.3 is 19.1 Å². The number of aromatic nitrogens is 2. The molecule has 14 heteroatoms. The molecule has 1 N–H and O–H groups in total. The van der Waals surface area contributed by atoms with Gasteiger partial charge >= 0.3 is 5.97 Å². The molecule has 4 saturated carbocycles. The Labute approximate surface area is 328 Å². The van der Waals surface area contributed by atoms with E-state index in [-0.39, 0.29) is 67.6 Å². The maximum atomic E-state index is 14.9. The molecule has 8 rings (SSSR count). The highest BCUT2D eigenvalue weighted by Gasteiger charge is 2.62. The molecule has 302 valence electrons. The van der Waals surface area contributed by atoms with Gasteiger partial charge in [-0.3, -0.25) is 23.9 Å². The van der Waals surface area contributed by atoms with Crippen molar-refractivity contribution in [1.29, 1.82) is 0 Å². The molecule has 5 fully saturated rings. The van der Waals surface area contributed by atoms with Crippen molar-refractivity contribution in [3.8, 4) is 11.6 Å². The first-order valence-electron chi connectivity index (χ1n) is 20.6. The lowest BCUT2D eigenvalue weighted by atomic mass is 9.86. The Balaban J connectivity index is 1.13. The van der Waals surface area contributed by atoms with Gasteiger partial charge in [0.1, 0.15) is 28.7 Å². The third-order valence-electron chi connectivity index (χ3n) is 13.5. The van der Waals surface area contributed by atoms with Gasteiger partial charge in [0.05, 0.1) is 48.2 Å². The quantitative estimate of drug-likeness (QED) is 0.256. The Morgan fingerprint density at radius 3 is 2.54 bits per heavy atom. The van der Waals surface area contributed by atoms with Crippen molar-refractivity contribution in [2.45, 2.75) is 133 Å². The summed E-state index contributed by atoms with van der Waals surface area (Å²) >= 11 is 0. The van der Waals surface area contributed by atoms with E-state index in [9.17, 15) is 27.6 Å². The van der Waals surface area contributed by atoms with Crippen LogP contribution in [0.4, 0.5) is 0 Å². The van der Waals surface area contributed by atoms with Crippen molar-refractivity contribution in [2.75, 3.05) is 13.7 Å². The number of hydrogen-bond acceptors (Lipinski definition) is 11. The molecule has 2 aliphatic heterocycles. The molecule has 0 unspecified atom stereocenters. The van der Waals surface area contributed by atoms with Crippen LogP contribution in [0, 0.1) is 29.1 Å². The summed E-state index contributed by atoms with van der Waals surface area (Å²) in [4.78, 5) is 68.3. The molecule has 6 aliphatic rings. The van der Waals surface area contributed by atoms with E-state index >= 15 is 0 Å². The number of carbonyl (C=O) groups excluding carboxylic acids is 4. The predicted octanol–water partition coefficient (Wildman–Crippen LogP) is 5.38. The summed E-state index contributed by atoms with van der Waals surface area (Å²) in [6.07, 6.45) is 10.6. The summed E-state index contributed by atoms with van der Waals surface area (Å²) < 4.78 is 46.3. The van der Waals surface area contributed by atoms with Crippen LogP contribution >= 0.6 is 0 Å². The van der Waals surface area contributed by atoms with E-state index in [4.69, 9.17) is 24.2 Å².